The number of ether oxygens (including phenoxy) is 3. The molecule has 0 aromatic heterocycles. The average molecular weight is 412 g/mol. The van der Waals surface area contributed by atoms with Gasteiger partial charge < -0.3 is 14.2 Å². The number of imide groups is 1. The summed E-state index contributed by atoms with van der Waals surface area (Å²) in [5, 5.41) is 5.16. The summed E-state index contributed by atoms with van der Waals surface area (Å²) in [5.41, 5.74) is 0.476. The summed E-state index contributed by atoms with van der Waals surface area (Å²) in [4.78, 5) is 37.6. The van der Waals surface area contributed by atoms with Crippen molar-refractivity contribution in [2.24, 2.45) is 28.8 Å². The number of methoxy groups -OCH3 is 1. The highest BCUT2D eigenvalue weighted by atomic mass is 16.6. The van der Waals surface area contributed by atoms with E-state index in [0.29, 0.717) is 11.3 Å². The molecule has 0 unspecified atom stereocenters. The van der Waals surface area contributed by atoms with Crippen LogP contribution in [0, 0.1) is 23.7 Å². The van der Waals surface area contributed by atoms with Crippen molar-refractivity contribution < 1.29 is 28.6 Å². The van der Waals surface area contributed by atoms with Gasteiger partial charge in [0.25, 0.3) is 11.8 Å². The molecule has 1 aromatic carbocycles. The molecule has 2 aliphatic carbocycles. The second kappa shape index (κ2) is 7.93. The second-order valence-electron chi connectivity index (χ2n) is 7.62. The molecule has 1 saturated carbocycles. The average Bonchev–Trinajstić information content (AvgIpc) is 3.42. The molecule has 0 spiro atoms. The van der Waals surface area contributed by atoms with Crippen molar-refractivity contribution in [3.8, 4) is 11.5 Å². The number of allylic oxidation sites excluding steroid dienone is 2. The number of nitrogens with zero attached hydrogens (tertiary/aromatic N) is 2. The fourth-order valence-electron chi connectivity index (χ4n) is 4.53. The molecular formula is C22H24N2O6. The molecule has 5 atom stereocenters. The van der Waals surface area contributed by atoms with Crippen LogP contribution in [-0.2, 0) is 19.1 Å². The first-order chi connectivity index (χ1) is 14.5. The zero-order chi connectivity index (χ0) is 21.4. The summed E-state index contributed by atoms with van der Waals surface area (Å²) >= 11 is 0. The first-order valence-corrected chi connectivity index (χ1v) is 10.1. The Morgan fingerprint density at radius 1 is 1.23 bits per heavy atom. The van der Waals surface area contributed by atoms with E-state index in [1.165, 1.54) is 13.3 Å². The Hall–Kier alpha value is -3.16. The number of carbonyl (C=O) groups excluding carboxylic acids is 3. The van der Waals surface area contributed by atoms with E-state index in [1.54, 1.807) is 32.0 Å². The summed E-state index contributed by atoms with van der Waals surface area (Å²) < 4.78 is 16.1. The Morgan fingerprint density at radius 3 is 2.50 bits per heavy atom. The van der Waals surface area contributed by atoms with Crippen molar-refractivity contribution in [1.82, 2.24) is 5.01 Å². The molecule has 2 fully saturated rings. The van der Waals surface area contributed by atoms with Crippen LogP contribution in [0.3, 0.4) is 0 Å². The Morgan fingerprint density at radius 2 is 1.90 bits per heavy atom. The number of benzene rings is 1. The highest BCUT2D eigenvalue weighted by Crippen LogP contribution is 2.52. The van der Waals surface area contributed by atoms with E-state index in [0.717, 1.165) is 11.4 Å². The van der Waals surface area contributed by atoms with E-state index in [-0.39, 0.29) is 47.8 Å². The van der Waals surface area contributed by atoms with Gasteiger partial charge in [0.2, 0.25) is 0 Å². The summed E-state index contributed by atoms with van der Waals surface area (Å²) in [6.07, 6.45) is 5.46. The van der Waals surface area contributed by atoms with Gasteiger partial charge >= 0.3 is 5.97 Å². The van der Waals surface area contributed by atoms with Gasteiger partial charge in [0, 0.05) is 5.56 Å². The number of amides is 2. The lowest BCUT2D eigenvalue weighted by molar-refractivity contribution is -0.150. The van der Waals surface area contributed by atoms with Crippen LogP contribution in [0.2, 0.25) is 0 Å². The van der Waals surface area contributed by atoms with E-state index in [4.69, 9.17) is 14.2 Å². The van der Waals surface area contributed by atoms with Gasteiger partial charge in [0.1, 0.15) is 0 Å². The predicted octanol–water partition coefficient (Wildman–Crippen LogP) is 2.17. The van der Waals surface area contributed by atoms with Crippen LogP contribution in [0.15, 0.2) is 35.5 Å². The highest BCUT2D eigenvalue weighted by molar-refractivity contribution is 6.07. The molecule has 1 aliphatic heterocycles. The van der Waals surface area contributed by atoms with Crippen LogP contribution < -0.4 is 9.47 Å². The van der Waals surface area contributed by atoms with Crippen LogP contribution in [-0.4, -0.2) is 48.8 Å². The van der Waals surface area contributed by atoms with E-state index in [9.17, 15) is 14.4 Å². The Labute approximate surface area is 174 Å². The number of esters is 1. The molecule has 8 nitrogen and oxygen atoms in total. The van der Waals surface area contributed by atoms with Gasteiger partial charge in [-0.05, 0) is 44.2 Å². The maximum atomic E-state index is 12.8. The number of carbonyl (C=O) groups is 3. The molecule has 1 aromatic rings. The fourth-order valence-corrected chi connectivity index (χ4v) is 4.53. The SMILES string of the molecule is CCOC(=O)[C@H](C)Oc1c(C=NN2C(=O)[C@@H]3[C@H](C2=O)[C@H]2C=C[C@H]3C2)cccc1OC. The molecule has 0 N–H and O–H groups in total. The minimum atomic E-state index is -0.871. The predicted molar refractivity (Wildman–Crippen MR) is 107 cm³/mol. The van der Waals surface area contributed by atoms with E-state index in [1.807, 2.05) is 12.2 Å². The van der Waals surface area contributed by atoms with Gasteiger partial charge in [0.05, 0.1) is 31.8 Å². The minimum Gasteiger partial charge on any atom is -0.493 e. The first-order valence-electron chi connectivity index (χ1n) is 10.1. The summed E-state index contributed by atoms with van der Waals surface area (Å²) in [7, 11) is 1.48. The quantitative estimate of drug-likeness (QED) is 0.295. The van der Waals surface area contributed by atoms with Gasteiger partial charge in [0.15, 0.2) is 17.6 Å². The van der Waals surface area contributed by atoms with E-state index >= 15 is 0 Å². The zero-order valence-electron chi connectivity index (χ0n) is 17.1. The molecule has 30 heavy (non-hydrogen) atoms. The second-order valence-corrected chi connectivity index (χ2v) is 7.62. The van der Waals surface area contributed by atoms with Crippen LogP contribution in [0.25, 0.3) is 0 Å². The van der Waals surface area contributed by atoms with Crippen LogP contribution in [0.4, 0.5) is 0 Å². The Bertz CT molecular complexity index is 910. The van der Waals surface area contributed by atoms with Gasteiger partial charge in [-0.1, -0.05) is 18.2 Å². The van der Waals surface area contributed by atoms with Crippen molar-refractivity contribution in [2.45, 2.75) is 26.4 Å². The largest absolute Gasteiger partial charge is 0.493 e. The number of rotatable bonds is 7. The number of hydrogen-bond donors (Lipinski definition) is 0. The smallest absolute Gasteiger partial charge is 0.347 e. The normalized spacial score (nSPS) is 27.6. The molecule has 3 aliphatic rings. The maximum Gasteiger partial charge on any atom is 0.347 e. The maximum absolute atomic E-state index is 12.8. The van der Waals surface area contributed by atoms with Crippen LogP contribution >= 0.6 is 0 Å². The highest BCUT2D eigenvalue weighted by Gasteiger charge is 2.59. The molecule has 1 saturated heterocycles. The molecule has 2 amide bonds. The van der Waals surface area contributed by atoms with Crippen molar-refractivity contribution in [3.05, 3.63) is 35.9 Å². The van der Waals surface area contributed by atoms with Gasteiger partial charge in [-0.3, -0.25) is 9.59 Å². The first kappa shape index (κ1) is 20.1. The Balaban J connectivity index is 1.57. The molecule has 1 heterocycles. The van der Waals surface area contributed by atoms with Crippen LogP contribution in [0.1, 0.15) is 25.8 Å². The van der Waals surface area contributed by atoms with Crippen molar-refractivity contribution in [3.63, 3.8) is 0 Å². The molecule has 0 radical (unpaired) electrons. The van der Waals surface area contributed by atoms with E-state index < -0.39 is 12.1 Å². The van der Waals surface area contributed by atoms with Gasteiger partial charge in [-0.25, -0.2) is 4.79 Å². The molecule has 158 valence electrons. The third-order valence-electron chi connectivity index (χ3n) is 5.90. The monoisotopic (exact) mass is 412 g/mol. The van der Waals surface area contributed by atoms with E-state index in [2.05, 4.69) is 5.10 Å². The minimum absolute atomic E-state index is 0.123. The van der Waals surface area contributed by atoms with Crippen LogP contribution in [0.5, 0.6) is 11.5 Å². The lowest BCUT2D eigenvalue weighted by Gasteiger charge is -2.18. The molecule has 4 rings (SSSR count). The standard InChI is InChI=1S/C22H24N2O6/c1-4-29-22(27)12(2)30-19-15(6-5-7-16(19)28-3)11-23-24-20(25)17-13-8-9-14(10-13)18(17)21(24)26/h5-9,11-14,17-18H,4,10H2,1-3H3/t12-,13-,14-,17-,18+/m0/s1. The lowest BCUT2D eigenvalue weighted by Crippen LogP contribution is -2.28. The Kier molecular flexibility index (Phi) is 5.32. The number of fused-ring (bicyclic) bond motifs is 5. The third-order valence-corrected chi connectivity index (χ3v) is 5.90. The summed E-state index contributed by atoms with van der Waals surface area (Å²) in [6, 6.07) is 5.12. The lowest BCUT2D eigenvalue weighted by atomic mass is 9.85. The fraction of sp³-hybridized carbons (Fsp3) is 0.455. The van der Waals surface area contributed by atoms with Crippen molar-refractivity contribution >= 4 is 24.0 Å². The third kappa shape index (κ3) is 3.26. The summed E-state index contributed by atoms with van der Waals surface area (Å²) in [5.74, 6) is -0.725. The molecular weight excluding hydrogens is 388 g/mol. The van der Waals surface area contributed by atoms with Crippen molar-refractivity contribution in [1.29, 1.82) is 0 Å². The number of para-hydroxylation sites is 1. The summed E-state index contributed by atoms with van der Waals surface area (Å²) in [6.45, 7) is 3.53. The topological polar surface area (TPSA) is 94.5 Å². The van der Waals surface area contributed by atoms with Gasteiger partial charge in [-0.2, -0.15) is 10.1 Å². The molecule has 8 heteroatoms. The molecule has 2 bridgehead atoms. The number of hydrazone groups is 1. The van der Waals surface area contributed by atoms with Gasteiger partial charge in [-0.15, -0.1) is 0 Å². The van der Waals surface area contributed by atoms with Crippen molar-refractivity contribution in [2.75, 3.05) is 13.7 Å². The zero-order valence-corrected chi connectivity index (χ0v) is 17.1. The number of hydrogen-bond acceptors (Lipinski definition) is 7.